The normalized spacial score (nSPS) is 14.9. The summed E-state index contributed by atoms with van der Waals surface area (Å²) in [6, 6.07) is 1.75. The predicted octanol–water partition coefficient (Wildman–Crippen LogP) is 2.07. The lowest BCUT2D eigenvalue weighted by atomic mass is 10.1. The van der Waals surface area contributed by atoms with Crippen LogP contribution in [0.2, 0.25) is 0 Å². The predicted molar refractivity (Wildman–Crippen MR) is 57.9 cm³/mol. The summed E-state index contributed by atoms with van der Waals surface area (Å²) in [5.74, 6) is -3.54. The molecule has 88 valence electrons. The molecular weight excluding hydrogens is 228 g/mol. The standard InChI is InChI=1S/C12H9F2NO2/c1-2-3-6-15-10-8(14)5-4-7(13)9(10)11(16)12(15)17/h2-5H,6H2,1H3/b3-2+. The molecule has 0 aliphatic carbocycles. The van der Waals surface area contributed by atoms with Crippen molar-refractivity contribution >= 4 is 17.4 Å². The first-order valence-corrected chi connectivity index (χ1v) is 5.03. The van der Waals surface area contributed by atoms with Gasteiger partial charge in [0.2, 0.25) is 0 Å². The molecule has 0 atom stereocenters. The molecule has 1 aromatic rings. The van der Waals surface area contributed by atoms with E-state index in [0.29, 0.717) is 0 Å². The van der Waals surface area contributed by atoms with Crippen molar-refractivity contribution in [1.82, 2.24) is 0 Å². The molecule has 0 saturated carbocycles. The molecule has 0 bridgehead atoms. The van der Waals surface area contributed by atoms with Crippen LogP contribution in [0.15, 0.2) is 24.3 Å². The van der Waals surface area contributed by atoms with Crippen molar-refractivity contribution < 1.29 is 18.4 Å². The minimum absolute atomic E-state index is 0.0500. The SMILES string of the molecule is C/C=C/CN1C(=O)C(=O)c2c(F)ccc(F)c21. The van der Waals surface area contributed by atoms with Crippen molar-refractivity contribution in [3.05, 3.63) is 41.5 Å². The second kappa shape index (κ2) is 4.08. The van der Waals surface area contributed by atoms with Crippen LogP contribution in [0.4, 0.5) is 14.5 Å². The van der Waals surface area contributed by atoms with Gasteiger partial charge in [0, 0.05) is 6.54 Å². The van der Waals surface area contributed by atoms with E-state index in [-0.39, 0.29) is 12.2 Å². The summed E-state index contributed by atoms with van der Waals surface area (Å²) in [6.07, 6.45) is 3.25. The minimum atomic E-state index is -0.999. The van der Waals surface area contributed by atoms with E-state index in [0.717, 1.165) is 17.0 Å². The summed E-state index contributed by atoms with van der Waals surface area (Å²) in [7, 11) is 0. The van der Waals surface area contributed by atoms with E-state index in [1.165, 1.54) is 0 Å². The zero-order valence-electron chi connectivity index (χ0n) is 9.04. The highest BCUT2D eigenvalue weighted by atomic mass is 19.1. The Labute approximate surface area is 96.3 Å². The highest BCUT2D eigenvalue weighted by Gasteiger charge is 2.39. The van der Waals surface area contributed by atoms with Crippen molar-refractivity contribution in [3.63, 3.8) is 0 Å². The fourth-order valence-electron chi connectivity index (χ4n) is 1.74. The summed E-state index contributed by atoms with van der Waals surface area (Å²) >= 11 is 0. The molecule has 1 aliphatic heterocycles. The monoisotopic (exact) mass is 237 g/mol. The van der Waals surface area contributed by atoms with E-state index in [1.54, 1.807) is 19.1 Å². The molecule has 0 saturated heterocycles. The van der Waals surface area contributed by atoms with E-state index in [1.807, 2.05) is 0 Å². The topological polar surface area (TPSA) is 37.4 Å². The lowest BCUT2D eigenvalue weighted by Crippen LogP contribution is -2.30. The number of carbonyl (C=O) groups excluding carboxylic acids is 2. The molecule has 17 heavy (non-hydrogen) atoms. The summed E-state index contributed by atoms with van der Waals surface area (Å²) < 4.78 is 27.0. The molecule has 0 radical (unpaired) electrons. The Bertz CT molecular complexity index is 538. The van der Waals surface area contributed by atoms with Gasteiger partial charge >= 0.3 is 0 Å². The summed E-state index contributed by atoms with van der Waals surface area (Å²) in [6.45, 7) is 1.78. The fourth-order valence-corrected chi connectivity index (χ4v) is 1.74. The third-order valence-electron chi connectivity index (χ3n) is 2.54. The quantitative estimate of drug-likeness (QED) is 0.583. The number of fused-ring (bicyclic) bond motifs is 1. The van der Waals surface area contributed by atoms with Crippen LogP contribution in [0.25, 0.3) is 0 Å². The van der Waals surface area contributed by atoms with Crippen molar-refractivity contribution in [2.24, 2.45) is 0 Å². The van der Waals surface area contributed by atoms with E-state index >= 15 is 0 Å². The maximum atomic E-state index is 13.6. The summed E-state index contributed by atoms with van der Waals surface area (Å²) in [5.41, 5.74) is -0.738. The average Bonchev–Trinajstić information content (AvgIpc) is 2.56. The number of nitrogens with zero attached hydrogens (tertiary/aromatic N) is 1. The number of Topliss-reactive ketones (excluding diaryl/α,β-unsaturated/α-hetero) is 1. The number of ketones is 1. The van der Waals surface area contributed by atoms with Crippen molar-refractivity contribution in [2.45, 2.75) is 6.92 Å². The van der Waals surface area contributed by atoms with E-state index in [9.17, 15) is 18.4 Å². The fraction of sp³-hybridized carbons (Fsp3) is 0.167. The number of rotatable bonds is 2. The van der Waals surface area contributed by atoms with Crippen LogP contribution in [0.3, 0.4) is 0 Å². The maximum Gasteiger partial charge on any atom is 0.299 e. The smallest absolute Gasteiger partial charge is 0.298 e. The van der Waals surface area contributed by atoms with Gasteiger partial charge in [-0.25, -0.2) is 8.78 Å². The Balaban J connectivity index is 2.59. The van der Waals surface area contributed by atoms with Gasteiger partial charge in [-0.2, -0.15) is 0 Å². The van der Waals surface area contributed by atoms with Crippen LogP contribution in [0.1, 0.15) is 17.3 Å². The Morgan fingerprint density at radius 2 is 1.88 bits per heavy atom. The van der Waals surface area contributed by atoms with Gasteiger partial charge in [0.05, 0.1) is 11.3 Å². The van der Waals surface area contributed by atoms with Crippen molar-refractivity contribution in [2.75, 3.05) is 11.4 Å². The molecule has 2 rings (SSSR count). The zero-order chi connectivity index (χ0) is 12.6. The largest absolute Gasteiger partial charge is 0.299 e. The molecule has 5 heteroatoms. The number of halogens is 2. The first kappa shape index (κ1) is 11.4. The highest BCUT2D eigenvalue weighted by Crippen LogP contribution is 2.33. The molecule has 1 amide bonds. The second-order valence-electron chi connectivity index (χ2n) is 3.57. The summed E-state index contributed by atoms with van der Waals surface area (Å²) in [4.78, 5) is 24.0. The Kier molecular flexibility index (Phi) is 2.75. The number of carbonyl (C=O) groups is 2. The molecule has 1 heterocycles. The number of amides is 1. The molecule has 3 nitrogen and oxygen atoms in total. The van der Waals surface area contributed by atoms with Gasteiger partial charge in [-0.15, -0.1) is 0 Å². The van der Waals surface area contributed by atoms with Crippen LogP contribution in [-0.2, 0) is 4.79 Å². The molecule has 0 spiro atoms. The first-order chi connectivity index (χ1) is 8.07. The first-order valence-electron chi connectivity index (χ1n) is 5.03. The van der Waals surface area contributed by atoms with E-state index in [2.05, 4.69) is 0 Å². The Morgan fingerprint density at radius 1 is 1.24 bits per heavy atom. The number of benzene rings is 1. The lowest BCUT2D eigenvalue weighted by molar-refractivity contribution is -0.114. The molecule has 0 aromatic heterocycles. The van der Waals surface area contributed by atoms with Gasteiger partial charge in [-0.1, -0.05) is 12.2 Å². The Hall–Kier alpha value is -2.04. The van der Waals surface area contributed by atoms with Gasteiger partial charge in [0.15, 0.2) is 0 Å². The van der Waals surface area contributed by atoms with Crippen LogP contribution in [0, 0.1) is 11.6 Å². The number of anilines is 1. The third-order valence-corrected chi connectivity index (χ3v) is 2.54. The highest BCUT2D eigenvalue weighted by molar-refractivity contribution is 6.52. The van der Waals surface area contributed by atoms with Gasteiger partial charge in [-0.05, 0) is 19.1 Å². The van der Waals surface area contributed by atoms with Gasteiger partial charge in [0.1, 0.15) is 11.6 Å². The van der Waals surface area contributed by atoms with Gasteiger partial charge < -0.3 is 0 Å². The molecule has 0 N–H and O–H groups in total. The van der Waals surface area contributed by atoms with Crippen LogP contribution in [-0.4, -0.2) is 18.2 Å². The number of allylic oxidation sites excluding steroid dienone is 1. The van der Waals surface area contributed by atoms with Crippen molar-refractivity contribution in [3.8, 4) is 0 Å². The molecule has 0 fully saturated rings. The van der Waals surface area contributed by atoms with Gasteiger partial charge in [-0.3, -0.25) is 14.5 Å². The number of hydrogen-bond donors (Lipinski definition) is 0. The van der Waals surface area contributed by atoms with E-state index < -0.39 is 28.9 Å². The minimum Gasteiger partial charge on any atom is -0.298 e. The zero-order valence-corrected chi connectivity index (χ0v) is 9.04. The Morgan fingerprint density at radius 3 is 2.53 bits per heavy atom. The molecule has 0 unspecified atom stereocenters. The molecule has 1 aromatic carbocycles. The number of hydrogen-bond acceptors (Lipinski definition) is 2. The van der Waals surface area contributed by atoms with Crippen LogP contribution in [0.5, 0.6) is 0 Å². The average molecular weight is 237 g/mol. The maximum absolute atomic E-state index is 13.6. The molecule has 1 aliphatic rings. The van der Waals surface area contributed by atoms with Crippen LogP contribution < -0.4 is 4.90 Å². The molecular formula is C12H9F2NO2. The second-order valence-corrected chi connectivity index (χ2v) is 3.57. The van der Waals surface area contributed by atoms with E-state index in [4.69, 9.17) is 0 Å². The van der Waals surface area contributed by atoms with Crippen LogP contribution >= 0.6 is 0 Å². The lowest BCUT2D eigenvalue weighted by Gasteiger charge is -2.14. The van der Waals surface area contributed by atoms with Gasteiger partial charge in [0.25, 0.3) is 11.7 Å². The van der Waals surface area contributed by atoms with Crippen molar-refractivity contribution in [1.29, 1.82) is 0 Å². The summed E-state index contributed by atoms with van der Waals surface area (Å²) in [5, 5.41) is 0. The third kappa shape index (κ3) is 1.63.